The van der Waals surface area contributed by atoms with Crippen molar-refractivity contribution in [2.45, 2.75) is 6.92 Å². The monoisotopic (exact) mass is 417 g/mol. The van der Waals surface area contributed by atoms with Crippen molar-refractivity contribution in [3.63, 3.8) is 0 Å². The van der Waals surface area contributed by atoms with E-state index in [2.05, 4.69) is 20.6 Å². The van der Waals surface area contributed by atoms with Crippen LogP contribution in [0.2, 0.25) is 10.0 Å². The van der Waals surface area contributed by atoms with Gasteiger partial charge in [-0.2, -0.15) is 0 Å². The van der Waals surface area contributed by atoms with E-state index in [-0.39, 0.29) is 0 Å². The van der Waals surface area contributed by atoms with Gasteiger partial charge in [0.05, 0.1) is 12.2 Å². The van der Waals surface area contributed by atoms with Gasteiger partial charge in [0, 0.05) is 21.4 Å². The number of carbonyl (C=O) groups is 1. The van der Waals surface area contributed by atoms with Crippen LogP contribution >= 0.6 is 23.2 Å². The van der Waals surface area contributed by atoms with Crippen molar-refractivity contribution in [1.82, 2.24) is 9.97 Å². The number of hydrogen-bond acceptors (Lipinski definition) is 7. The van der Waals surface area contributed by atoms with E-state index in [0.717, 1.165) is 0 Å². The largest absolute Gasteiger partial charge is 0.462 e. The zero-order chi connectivity index (χ0) is 20.1. The smallest absolute Gasteiger partial charge is 0.338 e. The highest BCUT2D eigenvalue weighted by atomic mass is 35.5. The Morgan fingerprint density at radius 2 is 1.68 bits per heavy atom. The van der Waals surface area contributed by atoms with Crippen LogP contribution in [0.25, 0.3) is 0 Å². The van der Waals surface area contributed by atoms with Crippen LogP contribution in [0.4, 0.5) is 28.7 Å². The van der Waals surface area contributed by atoms with Crippen LogP contribution in [0.1, 0.15) is 17.3 Å². The van der Waals surface area contributed by atoms with Crippen molar-refractivity contribution in [3.8, 4) is 0 Å². The van der Waals surface area contributed by atoms with Gasteiger partial charge in [0.25, 0.3) is 0 Å². The Hall–Kier alpha value is -3.03. The maximum Gasteiger partial charge on any atom is 0.338 e. The Kier molecular flexibility index (Phi) is 6.18. The van der Waals surface area contributed by atoms with E-state index >= 15 is 0 Å². The number of esters is 1. The Labute approximate surface area is 171 Å². The van der Waals surface area contributed by atoms with Crippen molar-refractivity contribution in [3.05, 3.63) is 64.4 Å². The number of nitrogens with two attached hydrogens (primary N) is 1. The lowest BCUT2D eigenvalue weighted by molar-refractivity contribution is 0.0526. The SMILES string of the molecule is CCOC(=O)c1cccc(Nc2ncnc(Nc3cc(Cl)cc(Cl)c3)c2N)c1. The molecule has 0 aliphatic rings. The molecule has 9 heteroatoms. The molecule has 0 aliphatic carbocycles. The minimum atomic E-state index is -0.401. The van der Waals surface area contributed by atoms with E-state index in [1.807, 2.05) is 0 Å². The molecule has 1 heterocycles. The fourth-order valence-electron chi connectivity index (χ4n) is 2.43. The second-order valence-electron chi connectivity index (χ2n) is 5.69. The summed E-state index contributed by atoms with van der Waals surface area (Å²) in [6.07, 6.45) is 1.36. The van der Waals surface area contributed by atoms with Crippen molar-refractivity contribution in [1.29, 1.82) is 0 Å². The number of ether oxygens (including phenoxy) is 1. The highest BCUT2D eigenvalue weighted by molar-refractivity contribution is 6.35. The molecule has 0 saturated carbocycles. The Morgan fingerprint density at radius 1 is 1.04 bits per heavy atom. The predicted molar refractivity (Wildman–Crippen MR) is 112 cm³/mol. The fraction of sp³-hybridized carbons (Fsp3) is 0.105. The summed E-state index contributed by atoms with van der Waals surface area (Å²) >= 11 is 12.0. The van der Waals surface area contributed by atoms with Crippen molar-refractivity contribution in [2.75, 3.05) is 23.0 Å². The molecular formula is C19H17Cl2N5O2. The molecule has 3 rings (SSSR count). The number of anilines is 5. The molecule has 0 spiro atoms. The van der Waals surface area contributed by atoms with Crippen LogP contribution in [0.5, 0.6) is 0 Å². The highest BCUT2D eigenvalue weighted by Gasteiger charge is 2.11. The number of halogens is 2. The molecule has 0 aliphatic heterocycles. The summed E-state index contributed by atoms with van der Waals surface area (Å²) in [5.41, 5.74) is 8.18. The van der Waals surface area contributed by atoms with E-state index in [0.29, 0.717) is 50.9 Å². The fourth-order valence-corrected chi connectivity index (χ4v) is 2.96. The third kappa shape index (κ3) is 4.82. The van der Waals surface area contributed by atoms with Crippen LogP contribution in [-0.2, 0) is 4.74 Å². The summed E-state index contributed by atoms with van der Waals surface area (Å²) < 4.78 is 5.01. The minimum absolute atomic E-state index is 0.292. The highest BCUT2D eigenvalue weighted by Crippen LogP contribution is 2.30. The number of rotatable bonds is 6. The number of carbonyl (C=O) groups excluding carboxylic acids is 1. The molecule has 3 aromatic rings. The van der Waals surface area contributed by atoms with E-state index in [4.69, 9.17) is 33.7 Å². The van der Waals surface area contributed by atoms with Crippen LogP contribution in [0.3, 0.4) is 0 Å². The van der Waals surface area contributed by atoms with E-state index in [9.17, 15) is 4.79 Å². The first-order valence-electron chi connectivity index (χ1n) is 8.34. The van der Waals surface area contributed by atoms with Gasteiger partial charge in [0.2, 0.25) is 0 Å². The summed E-state index contributed by atoms with van der Waals surface area (Å²) in [5.74, 6) is 0.367. The van der Waals surface area contributed by atoms with Crippen molar-refractivity contribution < 1.29 is 9.53 Å². The Bertz CT molecular complexity index is 993. The summed E-state index contributed by atoms with van der Waals surface area (Å²) in [5, 5.41) is 7.12. The van der Waals surface area contributed by atoms with Gasteiger partial charge in [-0.1, -0.05) is 29.3 Å². The number of nitrogens with zero attached hydrogens (tertiary/aromatic N) is 2. The maximum absolute atomic E-state index is 11.9. The van der Waals surface area contributed by atoms with Gasteiger partial charge in [-0.15, -0.1) is 0 Å². The second-order valence-corrected chi connectivity index (χ2v) is 6.57. The number of benzene rings is 2. The maximum atomic E-state index is 11.9. The third-order valence-electron chi connectivity index (χ3n) is 3.65. The first-order valence-corrected chi connectivity index (χ1v) is 9.09. The number of aromatic nitrogens is 2. The van der Waals surface area contributed by atoms with Gasteiger partial charge in [0.1, 0.15) is 12.0 Å². The zero-order valence-corrected chi connectivity index (χ0v) is 16.4. The molecule has 0 atom stereocenters. The van der Waals surface area contributed by atoms with E-state index in [1.54, 1.807) is 49.4 Å². The van der Waals surface area contributed by atoms with Crippen LogP contribution in [0, 0.1) is 0 Å². The molecule has 0 unspecified atom stereocenters. The molecule has 2 aromatic carbocycles. The Morgan fingerprint density at radius 3 is 2.32 bits per heavy atom. The molecule has 7 nitrogen and oxygen atoms in total. The summed E-state index contributed by atoms with van der Waals surface area (Å²) in [6, 6.07) is 11.9. The quantitative estimate of drug-likeness (QED) is 0.483. The van der Waals surface area contributed by atoms with Crippen LogP contribution < -0.4 is 16.4 Å². The van der Waals surface area contributed by atoms with E-state index in [1.165, 1.54) is 6.33 Å². The molecule has 28 heavy (non-hydrogen) atoms. The topological polar surface area (TPSA) is 102 Å². The van der Waals surface area contributed by atoms with Crippen LogP contribution in [-0.4, -0.2) is 22.5 Å². The summed E-state index contributed by atoms with van der Waals surface area (Å²) in [4.78, 5) is 20.2. The number of hydrogen-bond donors (Lipinski definition) is 3. The van der Waals surface area contributed by atoms with Gasteiger partial charge in [-0.3, -0.25) is 0 Å². The standard InChI is InChI=1S/C19H17Cl2N5O2/c1-2-28-19(27)11-4-3-5-14(6-11)25-17-16(22)18(24-10-23-17)26-15-8-12(20)7-13(21)9-15/h3-10H,2,22H2,1H3,(H2,23,24,25,26). The van der Waals surface area contributed by atoms with E-state index < -0.39 is 5.97 Å². The zero-order valence-electron chi connectivity index (χ0n) is 14.9. The van der Waals surface area contributed by atoms with Gasteiger partial charge < -0.3 is 21.1 Å². The number of nitrogen functional groups attached to an aromatic ring is 1. The van der Waals surface area contributed by atoms with Gasteiger partial charge in [-0.05, 0) is 43.3 Å². The predicted octanol–water partition coefficient (Wildman–Crippen LogP) is 5.03. The molecule has 0 amide bonds. The molecule has 0 radical (unpaired) electrons. The lowest BCUT2D eigenvalue weighted by Crippen LogP contribution is -2.07. The second kappa shape index (κ2) is 8.77. The molecule has 4 N–H and O–H groups in total. The molecular weight excluding hydrogens is 401 g/mol. The Balaban J connectivity index is 1.83. The van der Waals surface area contributed by atoms with Gasteiger partial charge >= 0.3 is 5.97 Å². The lowest BCUT2D eigenvalue weighted by Gasteiger charge is -2.13. The van der Waals surface area contributed by atoms with Crippen molar-refractivity contribution in [2.24, 2.45) is 0 Å². The molecule has 0 fully saturated rings. The van der Waals surface area contributed by atoms with Crippen molar-refractivity contribution >= 4 is 57.9 Å². The van der Waals surface area contributed by atoms with Crippen LogP contribution in [0.15, 0.2) is 48.8 Å². The molecule has 0 bridgehead atoms. The average Bonchev–Trinajstić information content (AvgIpc) is 2.65. The normalized spacial score (nSPS) is 10.4. The lowest BCUT2D eigenvalue weighted by atomic mass is 10.2. The molecule has 1 aromatic heterocycles. The summed E-state index contributed by atoms with van der Waals surface area (Å²) in [6.45, 7) is 2.06. The first kappa shape index (κ1) is 19.7. The molecule has 0 saturated heterocycles. The first-order chi connectivity index (χ1) is 13.5. The average molecular weight is 418 g/mol. The van der Waals surface area contributed by atoms with Gasteiger partial charge in [-0.25, -0.2) is 14.8 Å². The van der Waals surface area contributed by atoms with Gasteiger partial charge in [0.15, 0.2) is 11.6 Å². The minimum Gasteiger partial charge on any atom is -0.462 e. The third-order valence-corrected chi connectivity index (χ3v) is 4.08. The number of nitrogens with one attached hydrogen (secondary N) is 2. The molecule has 144 valence electrons. The summed E-state index contributed by atoms with van der Waals surface area (Å²) in [7, 11) is 0.